The van der Waals surface area contributed by atoms with Gasteiger partial charge in [-0.1, -0.05) is 67.6 Å². The number of benzene rings is 2. The average Bonchev–Trinajstić information content (AvgIpc) is 2.99. The fourth-order valence-electron chi connectivity index (χ4n) is 4.79. The van der Waals surface area contributed by atoms with Gasteiger partial charge in [0.15, 0.2) is 0 Å². The van der Waals surface area contributed by atoms with Crippen LogP contribution in [0, 0.1) is 24.8 Å². The Morgan fingerprint density at radius 1 is 1.05 bits per heavy atom. The molecule has 212 valence electrons. The Bertz CT molecular complexity index is 1350. The summed E-state index contributed by atoms with van der Waals surface area (Å²) in [4.78, 5) is 15.2. The SMILES string of the molecule is CN=C[C-]=C(C)N/C(=C\C(C)=NCc1cccnc1)C1CCN(C(=N)c2ccccc2-c2ccccc2)CC1.[CH3-].[W+2]. The first-order chi connectivity index (χ1) is 19.0. The van der Waals surface area contributed by atoms with Gasteiger partial charge in [-0.15, -0.1) is 0 Å². The van der Waals surface area contributed by atoms with Crippen LogP contribution in [0.3, 0.4) is 0 Å². The Morgan fingerprint density at radius 3 is 2.44 bits per heavy atom. The van der Waals surface area contributed by atoms with Crippen LogP contribution in [-0.4, -0.2) is 47.8 Å². The molecule has 0 saturated carbocycles. The van der Waals surface area contributed by atoms with E-state index in [0.29, 0.717) is 18.3 Å². The monoisotopic (exact) mass is 716 g/mol. The number of aromatic nitrogens is 1. The fourth-order valence-corrected chi connectivity index (χ4v) is 4.79. The third-order valence-electron chi connectivity index (χ3n) is 6.86. The number of piperidine rings is 1. The average molecular weight is 717 g/mol. The third kappa shape index (κ3) is 9.75. The van der Waals surface area contributed by atoms with Crippen LogP contribution in [-0.2, 0) is 27.6 Å². The summed E-state index contributed by atoms with van der Waals surface area (Å²) in [6.07, 6.45) is 12.5. The number of rotatable bonds is 9. The first-order valence-electron chi connectivity index (χ1n) is 13.4. The fraction of sp³-hybridized carbons (Fsp3) is 0.265. The molecule has 2 aromatic carbocycles. The van der Waals surface area contributed by atoms with Gasteiger partial charge in [0.25, 0.3) is 0 Å². The summed E-state index contributed by atoms with van der Waals surface area (Å²) in [5.41, 5.74) is 7.31. The number of hydrogen-bond acceptors (Lipinski definition) is 5. The molecule has 0 atom stereocenters. The molecule has 0 spiro atoms. The molecule has 7 heteroatoms. The summed E-state index contributed by atoms with van der Waals surface area (Å²) in [6.45, 7) is 6.28. The van der Waals surface area contributed by atoms with Crippen molar-refractivity contribution >= 4 is 17.8 Å². The summed E-state index contributed by atoms with van der Waals surface area (Å²) in [5.74, 6) is 0.918. The molecule has 2 N–H and O–H groups in total. The van der Waals surface area contributed by atoms with Crippen LogP contribution in [0.25, 0.3) is 11.1 Å². The van der Waals surface area contributed by atoms with Gasteiger partial charge >= 0.3 is 21.1 Å². The number of amidine groups is 1. The summed E-state index contributed by atoms with van der Waals surface area (Å²) in [6, 6.07) is 22.5. The van der Waals surface area contributed by atoms with E-state index in [0.717, 1.165) is 65.3 Å². The molecule has 1 aromatic heterocycles. The van der Waals surface area contributed by atoms with E-state index in [4.69, 9.17) is 10.4 Å². The minimum Gasteiger partial charge on any atom is -0.433 e. The van der Waals surface area contributed by atoms with Crippen molar-refractivity contribution in [2.75, 3.05) is 20.1 Å². The van der Waals surface area contributed by atoms with Crippen LogP contribution in [0.15, 0.2) is 107 Å². The molecule has 1 aliphatic rings. The minimum absolute atomic E-state index is 0. The number of aliphatic imine (C=N–C) groups is 2. The number of hydrogen-bond donors (Lipinski definition) is 2. The standard InChI is InChI=1S/C33H37N6.CH3.W/c1-25(15-19-35-3)38-32(22-26(2)37-24-27-10-9-18-36-23-27)29-16-20-39(21-17-29)33(34)31-14-8-7-13-30(31)28-11-5-4-6-12-28;;/h4-14,18-19,22-23,29,34,38H,16-17,20-21,24H2,1-3H3;1H3;/q2*-1;+2/b32-22-,34-33?,35-19?,37-26?;;. The minimum atomic E-state index is 0. The van der Waals surface area contributed by atoms with E-state index < -0.39 is 0 Å². The van der Waals surface area contributed by atoms with Crippen LogP contribution < -0.4 is 5.32 Å². The van der Waals surface area contributed by atoms with Gasteiger partial charge in [-0.2, -0.15) is 11.9 Å². The van der Waals surface area contributed by atoms with Gasteiger partial charge in [-0.3, -0.25) is 15.4 Å². The van der Waals surface area contributed by atoms with Crippen molar-refractivity contribution in [3.8, 4) is 11.1 Å². The molecule has 0 amide bonds. The van der Waals surface area contributed by atoms with E-state index in [1.807, 2.05) is 62.5 Å². The second-order valence-electron chi connectivity index (χ2n) is 9.72. The zero-order chi connectivity index (χ0) is 27.5. The molecule has 4 rings (SSSR count). The molecular formula is C34H40N6W. The molecule has 1 saturated heterocycles. The van der Waals surface area contributed by atoms with Crippen molar-refractivity contribution < 1.29 is 21.1 Å². The van der Waals surface area contributed by atoms with E-state index in [1.165, 1.54) is 0 Å². The Hall–Kier alpha value is -3.63. The molecule has 0 unspecified atom stereocenters. The summed E-state index contributed by atoms with van der Waals surface area (Å²) in [5, 5.41) is 12.6. The van der Waals surface area contributed by atoms with Gasteiger partial charge in [0.2, 0.25) is 0 Å². The van der Waals surface area contributed by atoms with Crippen LogP contribution in [0.5, 0.6) is 0 Å². The van der Waals surface area contributed by atoms with Crippen molar-refractivity contribution in [1.29, 1.82) is 5.41 Å². The smallest absolute Gasteiger partial charge is 0.433 e. The summed E-state index contributed by atoms with van der Waals surface area (Å²) in [7, 11) is 1.74. The van der Waals surface area contributed by atoms with Gasteiger partial charge in [0, 0.05) is 55.4 Å². The number of likely N-dealkylation sites (tertiary alicyclic amines) is 1. The Balaban J connectivity index is 0.00000294. The Morgan fingerprint density at radius 2 is 1.76 bits per heavy atom. The quantitative estimate of drug-likeness (QED) is 0.146. The van der Waals surface area contributed by atoms with Crippen molar-refractivity contribution in [3.05, 3.63) is 121 Å². The first kappa shape index (κ1) is 33.6. The Kier molecular flexibility index (Phi) is 14.1. The van der Waals surface area contributed by atoms with E-state index in [-0.39, 0.29) is 28.5 Å². The largest absolute Gasteiger partial charge is 2.00 e. The number of pyridine rings is 1. The number of nitrogens with zero attached hydrogens (tertiary/aromatic N) is 4. The van der Waals surface area contributed by atoms with Crippen molar-refractivity contribution in [2.24, 2.45) is 15.9 Å². The normalized spacial score (nSPS) is 14.8. The van der Waals surface area contributed by atoms with Crippen LogP contribution in [0.2, 0.25) is 0 Å². The van der Waals surface area contributed by atoms with Gasteiger partial charge < -0.3 is 28.7 Å². The molecule has 6 nitrogen and oxygen atoms in total. The molecule has 2 heterocycles. The van der Waals surface area contributed by atoms with Crippen molar-refractivity contribution in [1.82, 2.24) is 15.2 Å². The van der Waals surface area contributed by atoms with Gasteiger partial charge in [-0.05, 0) is 48.6 Å². The third-order valence-corrected chi connectivity index (χ3v) is 6.86. The maximum atomic E-state index is 9.07. The molecule has 1 aliphatic heterocycles. The van der Waals surface area contributed by atoms with E-state index in [2.05, 4.69) is 56.6 Å². The molecular weight excluding hydrogens is 676 g/mol. The van der Waals surface area contributed by atoms with Gasteiger partial charge in [0.1, 0.15) is 5.84 Å². The van der Waals surface area contributed by atoms with Crippen LogP contribution >= 0.6 is 0 Å². The molecule has 1 fully saturated rings. The molecule has 41 heavy (non-hydrogen) atoms. The molecule has 0 aliphatic carbocycles. The number of allylic oxidation sites excluding steroid dienone is 4. The van der Waals surface area contributed by atoms with Crippen molar-refractivity contribution in [2.45, 2.75) is 33.2 Å². The van der Waals surface area contributed by atoms with Crippen LogP contribution in [0.1, 0.15) is 37.8 Å². The second-order valence-corrected chi connectivity index (χ2v) is 9.72. The zero-order valence-corrected chi connectivity index (χ0v) is 27.4. The predicted molar refractivity (Wildman–Crippen MR) is 169 cm³/mol. The molecule has 3 aromatic rings. The van der Waals surface area contributed by atoms with E-state index in [1.54, 1.807) is 19.5 Å². The predicted octanol–water partition coefficient (Wildman–Crippen LogP) is 6.78. The topological polar surface area (TPSA) is 76.7 Å². The van der Waals surface area contributed by atoms with Crippen LogP contribution in [0.4, 0.5) is 0 Å². The summed E-state index contributed by atoms with van der Waals surface area (Å²) >= 11 is 0. The van der Waals surface area contributed by atoms with E-state index in [9.17, 15) is 0 Å². The summed E-state index contributed by atoms with van der Waals surface area (Å²) < 4.78 is 0. The zero-order valence-electron chi connectivity index (χ0n) is 24.5. The maximum Gasteiger partial charge on any atom is 2.00 e. The molecule has 0 radical (unpaired) electrons. The molecule has 0 bridgehead atoms. The van der Waals surface area contributed by atoms with E-state index >= 15 is 0 Å². The van der Waals surface area contributed by atoms with Gasteiger partial charge in [-0.25, -0.2) is 0 Å². The second kappa shape index (κ2) is 17.2. The first-order valence-corrected chi connectivity index (χ1v) is 13.4. The Labute approximate surface area is 260 Å². The maximum absolute atomic E-state index is 9.07. The van der Waals surface area contributed by atoms with Crippen molar-refractivity contribution in [3.63, 3.8) is 0 Å². The number of nitrogens with one attached hydrogen (secondary N) is 2. The van der Waals surface area contributed by atoms with Gasteiger partial charge in [0.05, 0.1) is 6.54 Å².